The minimum absolute atomic E-state index is 1.20. The second-order valence-electron chi connectivity index (χ2n) is 27.5. The number of fused-ring (bicyclic) bond motifs is 6. The third-order valence-electron chi connectivity index (χ3n) is 20.2. The van der Waals surface area contributed by atoms with E-state index in [-0.39, 0.29) is 0 Å². The average molecular weight is 1380 g/mol. The van der Waals surface area contributed by atoms with E-state index >= 15 is 0 Å². The van der Waals surface area contributed by atoms with Gasteiger partial charge in [0.15, 0.2) is 43.0 Å². The van der Waals surface area contributed by atoms with E-state index in [4.69, 9.17) is 0 Å². The van der Waals surface area contributed by atoms with E-state index in [9.17, 15) is 0 Å². The third kappa shape index (κ3) is 14.5. The van der Waals surface area contributed by atoms with Gasteiger partial charge in [0, 0.05) is 99.5 Å². The van der Waals surface area contributed by atoms with Crippen LogP contribution in [0.1, 0.15) is 50.5 Å². The molecule has 0 aliphatic heterocycles. The van der Waals surface area contributed by atoms with Crippen LogP contribution in [0.5, 0.6) is 0 Å². The number of aryl methyl sites for hydroxylation is 15. The summed E-state index contributed by atoms with van der Waals surface area (Å²) in [6.45, 7) is 19.5. The van der Waals surface area contributed by atoms with E-state index in [0.29, 0.717) is 0 Å². The van der Waals surface area contributed by atoms with E-state index in [1.807, 2.05) is 0 Å². The van der Waals surface area contributed by atoms with Crippen LogP contribution in [-0.4, -0.2) is 26.7 Å². The lowest BCUT2D eigenvalue weighted by Gasteiger charge is -2.11. The second-order valence-corrected chi connectivity index (χ2v) is 27.5. The number of aromatic nitrogens is 12. The number of nitrogens with zero attached hydrogens (tertiary/aromatic N) is 12. The van der Waals surface area contributed by atoms with Gasteiger partial charge in [0.25, 0.3) is 11.5 Å². The predicted octanol–water partition coefficient (Wildman–Crippen LogP) is 17.4. The van der Waals surface area contributed by atoms with Gasteiger partial charge < -0.3 is 13.2 Å². The summed E-state index contributed by atoms with van der Waals surface area (Å²) in [6, 6.07) is 89.3. The van der Waals surface area contributed by atoms with Gasteiger partial charge in [0.2, 0.25) is 17.1 Å². The smallest absolute Gasteiger partial charge is 0.294 e. The van der Waals surface area contributed by atoms with Gasteiger partial charge in [-0.2, -0.15) is 13.5 Å². The lowest BCUT2D eigenvalue weighted by Crippen LogP contribution is -2.36. The summed E-state index contributed by atoms with van der Waals surface area (Å²) in [5, 5.41) is 0. The summed E-state index contributed by atoms with van der Waals surface area (Å²) < 4.78 is 26.5. The minimum Gasteiger partial charge on any atom is -0.320 e. The van der Waals surface area contributed by atoms with Crippen molar-refractivity contribution in [2.24, 2.45) is 42.3 Å². The fourth-order valence-electron chi connectivity index (χ4n) is 14.7. The Kier molecular flexibility index (Phi) is 20.9. The Bertz CT molecular complexity index is 6010. The molecule has 0 spiro atoms. The molecule has 15 heterocycles. The van der Waals surface area contributed by atoms with Gasteiger partial charge in [-0.15, -0.1) is 9.20 Å². The zero-order valence-electron chi connectivity index (χ0n) is 63.3. The third-order valence-corrected chi connectivity index (χ3v) is 20.2. The molecule has 0 unspecified atom stereocenters. The molecule has 0 amide bonds. The molecule has 3 aromatic carbocycles. The molecule has 0 saturated heterocycles. The molecule has 18 rings (SSSR count). The van der Waals surface area contributed by atoms with Crippen LogP contribution in [0.3, 0.4) is 0 Å². The highest BCUT2D eigenvalue weighted by Gasteiger charge is 2.23. The Morgan fingerprint density at radius 2 is 0.771 bits per heavy atom. The van der Waals surface area contributed by atoms with Crippen LogP contribution in [0.25, 0.3) is 101 Å². The van der Waals surface area contributed by atoms with E-state index in [1.54, 1.807) is 0 Å². The highest BCUT2D eigenvalue weighted by molar-refractivity contribution is 5.72. The summed E-state index contributed by atoms with van der Waals surface area (Å²) in [4.78, 5) is 0. The monoisotopic (exact) mass is 1380 g/mol. The number of rotatable bonds is 6. The quantitative estimate of drug-likeness (QED) is 0.149. The Hall–Kier alpha value is -12.5. The molecule has 0 saturated carbocycles. The molecule has 0 aliphatic carbocycles. The molecular weight excluding hydrogens is 1290 g/mol. The maximum Gasteiger partial charge on any atom is 0.294 e. The van der Waals surface area contributed by atoms with Gasteiger partial charge in [-0.3, -0.25) is 0 Å². The molecular formula is C93H96N12+6. The number of benzene rings is 3. The van der Waals surface area contributed by atoms with Crippen molar-refractivity contribution in [3.63, 3.8) is 0 Å². The zero-order valence-corrected chi connectivity index (χ0v) is 63.3. The van der Waals surface area contributed by atoms with Crippen molar-refractivity contribution in [3.05, 3.63) is 361 Å². The molecule has 522 valence electrons. The van der Waals surface area contributed by atoms with Crippen molar-refractivity contribution < 1.29 is 27.4 Å². The van der Waals surface area contributed by atoms with Crippen molar-refractivity contribution in [2.45, 2.75) is 62.3 Å². The first kappa shape index (κ1) is 70.9. The highest BCUT2D eigenvalue weighted by Crippen LogP contribution is 2.31. The topological polar surface area (TPSA) is 50.5 Å². The van der Waals surface area contributed by atoms with Crippen LogP contribution in [0.2, 0.25) is 0 Å². The van der Waals surface area contributed by atoms with Crippen LogP contribution in [0, 0.1) is 62.3 Å². The maximum atomic E-state index is 2.32. The van der Waals surface area contributed by atoms with Crippen LogP contribution >= 0.6 is 0 Å². The Balaban J connectivity index is 0.000000112. The average Bonchev–Trinajstić information content (AvgIpc) is 1.78. The van der Waals surface area contributed by atoms with Crippen molar-refractivity contribution in [2.75, 3.05) is 0 Å². The number of hydrogen-bond donors (Lipinski definition) is 0. The predicted molar refractivity (Wildman–Crippen MR) is 427 cm³/mol. The molecule has 0 atom stereocenters. The fraction of sp³-hybridized carbons (Fsp3) is 0.161. The first-order valence-electron chi connectivity index (χ1n) is 36.0. The number of imidazole rings is 2. The first-order chi connectivity index (χ1) is 50.9. The minimum atomic E-state index is 1.20. The molecule has 0 fully saturated rings. The summed E-state index contributed by atoms with van der Waals surface area (Å²) in [5.74, 6) is 1.22. The van der Waals surface area contributed by atoms with E-state index in [1.165, 1.54) is 152 Å². The first-order valence-corrected chi connectivity index (χ1v) is 36.0. The molecule has 12 heteroatoms. The van der Waals surface area contributed by atoms with Gasteiger partial charge in [0.1, 0.15) is 56.1 Å². The largest absolute Gasteiger partial charge is 0.320 e. The van der Waals surface area contributed by atoms with Crippen molar-refractivity contribution in [1.82, 2.24) is 26.7 Å². The molecule has 18 aromatic rings. The van der Waals surface area contributed by atoms with Crippen molar-refractivity contribution >= 4 is 33.2 Å². The van der Waals surface area contributed by atoms with Crippen LogP contribution in [0.4, 0.5) is 0 Å². The van der Waals surface area contributed by atoms with Gasteiger partial charge in [-0.25, -0.2) is 18.1 Å². The lowest BCUT2D eigenvalue weighted by molar-refractivity contribution is -0.740. The van der Waals surface area contributed by atoms with Crippen LogP contribution < -0.4 is 27.4 Å². The fourth-order valence-corrected chi connectivity index (χ4v) is 14.7. The SMILES string of the molecule is Cc1cc2cccn2c(C)c1-c1cccc[n+]1C.Cc1ccc2ccc(C)n2c1-c1cccc[n+]1C.Cc1ccc2ccc(C)n2c1-c1cccc[n+]1C.Cc1ccccc1-c1c[n+]2ccccc2n1C.Cc1ccccc1-c1ccc2ccc[n+](C)n12.Cc1ccccc1-c1n2ccccc2c[n+]1C. The second kappa shape index (κ2) is 31.0. The number of pyridine rings is 8. The highest BCUT2D eigenvalue weighted by atomic mass is 15.3. The molecule has 0 N–H and O–H groups in total. The summed E-state index contributed by atoms with van der Waals surface area (Å²) in [7, 11) is 12.5. The van der Waals surface area contributed by atoms with Gasteiger partial charge >= 0.3 is 0 Å². The maximum absolute atomic E-state index is 2.32. The summed E-state index contributed by atoms with van der Waals surface area (Å²) >= 11 is 0. The van der Waals surface area contributed by atoms with Crippen LogP contribution in [-0.2, 0) is 42.3 Å². The van der Waals surface area contributed by atoms with Gasteiger partial charge in [-0.05, 0) is 211 Å². The molecule has 0 bridgehead atoms. The molecule has 0 radical (unpaired) electrons. The Labute approximate surface area is 617 Å². The zero-order chi connectivity index (χ0) is 73.6. The number of hydrogen-bond acceptors (Lipinski definition) is 0. The molecule has 105 heavy (non-hydrogen) atoms. The molecule has 0 aliphatic rings. The van der Waals surface area contributed by atoms with Crippen molar-refractivity contribution in [3.8, 4) is 67.9 Å². The van der Waals surface area contributed by atoms with Gasteiger partial charge in [-0.1, -0.05) is 91.0 Å². The Morgan fingerprint density at radius 3 is 1.33 bits per heavy atom. The molecule has 12 nitrogen and oxygen atoms in total. The van der Waals surface area contributed by atoms with E-state index in [2.05, 4.69) is 469 Å². The lowest BCUT2D eigenvalue weighted by atomic mass is 10.0. The van der Waals surface area contributed by atoms with Crippen molar-refractivity contribution in [1.29, 1.82) is 0 Å². The Morgan fingerprint density at radius 1 is 0.305 bits per heavy atom. The summed E-state index contributed by atoms with van der Waals surface area (Å²) in [5.41, 5.74) is 33.0. The normalized spacial score (nSPS) is 11.0. The molecule has 15 aromatic heterocycles. The van der Waals surface area contributed by atoms with E-state index in [0.717, 1.165) is 0 Å². The van der Waals surface area contributed by atoms with E-state index < -0.39 is 0 Å². The van der Waals surface area contributed by atoms with Gasteiger partial charge in [0.05, 0.1) is 37.6 Å². The summed E-state index contributed by atoms with van der Waals surface area (Å²) in [6.07, 6.45) is 19.0. The standard InChI is InChI=1S/3C16H17N2.3C15H15N2/c1-12-11-14-7-6-10-18(14)13(2)16(12)15-8-4-5-9-17(15)3;2*1-12-7-9-14-10-8-13(2)18(14)16(12)15-6-4-5-11-17(15)3;1-12-7-3-4-9-14(12)15-16(2)11-13-8-5-6-10-17(13)15;1-12-7-3-4-8-13(12)14-11-17-10-6-5-9-15(17)16(14)2;1-12-6-3-4-8-14(12)15-10-9-13-7-5-11-16(2)17(13)15/h3*4-11H,1-3H3;3*3-11H,1-2H3/q6*+1. The van der Waals surface area contributed by atoms with Crippen LogP contribution in [0.15, 0.2) is 311 Å².